The highest BCUT2D eigenvalue weighted by atomic mass is 35.5. The second-order valence-electron chi connectivity index (χ2n) is 4.05. The molecule has 0 aromatic heterocycles. The second-order valence-corrected chi connectivity index (χ2v) is 4.46. The van der Waals surface area contributed by atoms with E-state index in [1.165, 1.54) is 0 Å². The van der Waals surface area contributed by atoms with Crippen LogP contribution in [0.15, 0.2) is 18.2 Å². The molecule has 3 nitrogen and oxygen atoms in total. The molecule has 0 radical (unpaired) electrons. The molecule has 0 bridgehead atoms. The highest BCUT2D eigenvalue weighted by Gasteiger charge is 2.09. The van der Waals surface area contributed by atoms with E-state index in [0.29, 0.717) is 13.0 Å². The zero-order valence-corrected chi connectivity index (χ0v) is 11.3. The van der Waals surface area contributed by atoms with Gasteiger partial charge >= 0.3 is 0 Å². The fourth-order valence-electron chi connectivity index (χ4n) is 1.61. The van der Waals surface area contributed by atoms with E-state index >= 15 is 0 Å². The lowest BCUT2D eigenvalue weighted by atomic mass is 10.1. The summed E-state index contributed by atoms with van der Waals surface area (Å²) in [7, 11) is 3.87. The van der Waals surface area contributed by atoms with Crippen LogP contribution in [0.5, 0.6) is 0 Å². The van der Waals surface area contributed by atoms with Crippen LogP contribution in [0.3, 0.4) is 0 Å². The molecule has 0 spiro atoms. The van der Waals surface area contributed by atoms with Gasteiger partial charge in [0.1, 0.15) is 0 Å². The van der Waals surface area contributed by atoms with Crippen LogP contribution in [-0.2, 0) is 0 Å². The van der Waals surface area contributed by atoms with Crippen molar-refractivity contribution in [2.75, 3.05) is 25.5 Å². The van der Waals surface area contributed by atoms with Gasteiger partial charge in [-0.1, -0.05) is 17.7 Å². The molecule has 1 aromatic carbocycles. The van der Waals surface area contributed by atoms with Crippen molar-refractivity contribution in [3.63, 3.8) is 0 Å². The van der Waals surface area contributed by atoms with Crippen LogP contribution in [0.1, 0.15) is 24.9 Å². The summed E-state index contributed by atoms with van der Waals surface area (Å²) in [5.74, 6) is 0. The highest BCUT2D eigenvalue weighted by molar-refractivity contribution is 6.33. The van der Waals surface area contributed by atoms with Gasteiger partial charge in [-0.15, -0.1) is 0 Å². The Morgan fingerprint density at radius 1 is 1.53 bits per heavy atom. The minimum atomic E-state index is 0.283. The number of hydrogen-bond acceptors (Lipinski definition) is 3. The van der Waals surface area contributed by atoms with E-state index in [0.717, 1.165) is 16.3 Å². The summed E-state index contributed by atoms with van der Waals surface area (Å²) >= 11 is 6.25. The Labute approximate surface area is 108 Å². The van der Waals surface area contributed by atoms with Gasteiger partial charge in [-0.3, -0.25) is 0 Å². The number of halogens is 1. The molecule has 17 heavy (non-hydrogen) atoms. The van der Waals surface area contributed by atoms with Crippen molar-refractivity contribution < 1.29 is 0 Å². The van der Waals surface area contributed by atoms with Crippen LogP contribution in [0, 0.1) is 11.3 Å². The average Bonchev–Trinajstić information content (AvgIpc) is 2.34. The van der Waals surface area contributed by atoms with E-state index in [1.807, 2.05) is 31.1 Å². The summed E-state index contributed by atoms with van der Waals surface area (Å²) in [6.45, 7) is 2.78. The van der Waals surface area contributed by atoms with Crippen molar-refractivity contribution in [1.29, 1.82) is 5.26 Å². The van der Waals surface area contributed by atoms with E-state index in [4.69, 9.17) is 16.9 Å². The van der Waals surface area contributed by atoms with Crippen molar-refractivity contribution in [3.05, 3.63) is 28.8 Å². The summed E-state index contributed by atoms with van der Waals surface area (Å²) in [4.78, 5) is 2.00. The minimum absolute atomic E-state index is 0.283. The van der Waals surface area contributed by atoms with Crippen molar-refractivity contribution in [2.24, 2.45) is 0 Å². The van der Waals surface area contributed by atoms with E-state index in [2.05, 4.69) is 24.4 Å². The third-order valence-corrected chi connectivity index (χ3v) is 3.18. The van der Waals surface area contributed by atoms with Gasteiger partial charge in [-0.2, -0.15) is 5.26 Å². The van der Waals surface area contributed by atoms with Crippen molar-refractivity contribution >= 4 is 17.3 Å². The lowest BCUT2D eigenvalue weighted by Crippen LogP contribution is -2.19. The van der Waals surface area contributed by atoms with Crippen LogP contribution in [0.25, 0.3) is 0 Å². The van der Waals surface area contributed by atoms with Crippen LogP contribution in [-0.4, -0.2) is 20.6 Å². The molecule has 1 unspecified atom stereocenters. The third kappa shape index (κ3) is 3.62. The molecule has 1 N–H and O–H groups in total. The molecule has 0 aliphatic rings. The average molecular weight is 252 g/mol. The Morgan fingerprint density at radius 2 is 2.24 bits per heavy atom. The summed E-state index contributed by atoms with van der Waals surface area (Å²) in [5.41, 5.74) is 2.13. The number of nitrogens with zero attached hydrogens (tertiary/aromatic N) is 2. The largest absolute Gasteiger partial charge is 0.372 e. The molecule has 0 saturated carbocycles. The minimum Gasteiger partial charge on any atom is -0.372 e. The van der Waals surface area contributed by atoms with Gasteiger partial charge in [0.15, 0.2) is 0 Å². The van der Waals surface area contributed by atoms with Gasteiger partial charge in [-0.25, -0.2) is 0 Å². The maximum absolute atomic E-state index is 8.56. The fraction of sp³-hybridized carbons (Fsp3) is 0.462. The SMILES string of the molecule is CNC(C)c1ccc(N(C)CCC#N)c(Cl)c1. The van der Waals surface area contributed by atoms with Crippen LogP contribution in [0.2, 0.25) is 5.02 Å². The summed E-state index contributed by atoms with van der Waals surface area (Å²) < 4.78 is 0. The van der Waals surface area contributed by atoms with Crippen LogP contribution < -0.4 is 10.2 Å². The number of nitriles is 1. The summed E-state index contributed by atoms with van der Waals surface area (Å²) in [5, 5.41) is 12.5. The second kappa shape index (κ2) is 6.48. The molecule has 1 rings (SSSR count). The summed E-state index contributed by atoms with van der Waals surface area (Å²) in [6, 6.07) is 8.45. The number of benzene rings is 1. The van der Waals surface area contributed by atoms with Crippen molar-refractivity contribution in [3.8, 4) is 6.07 Å². The monoisotopic (exact) mass is 251 g/mol. The first-order valence-corrected chi connectivity index (χ1v) is 6.02. The molecule has 0 aliphatic heterocycles. The van der Waals surface area contributed by atoms with E-state index in [-0.39, 0.29) is 6.04 Å². The molecule has 0 amide bonds. The van der Waals surface area contributed by atoms with E-state index < -0.39 is 0 Å². The highest BCUT2D eigenvalue weighted by Crippen LogP contribution is 2.28. The molecule has 1 atom stereocenters. The lowest BCUT2D eigenvalue weighted by Gasteiger charge is -2.20. The fourth-order valence-corrected chi connectivity index (χ4v) is 1.94. The zero-order chi connectivity index (χ0) is 12.8. The van der Waals surface area contributed by atoms with Crippen LogP contribution in [0.4, 0.5) is 5.69 Å². The van der Waals surface area contributed by atoms with Gasteiger partial charge in [0.05, 0.1) is 23.2 Å². The maximum atomic E-state index is 8.56. The molecule has 0 fully saturated rings. The maximum Gasteiger partial charge on any atom is 0.0642 e. The Bertz CT molecular complexity index is 412. The Morgan fingerprint density at radius 3 is 2.76 bits per heavy atom. The normalized spacial score (nSPS) is 11.9. The van der Waals surface area contributed by atoms with Gasteiger partial charge in [0, 0.05) is 19.6 Å². The first-order chi connectivity index (χ1) is 8.10. The molecule has 0 aliphatic carbocycles. The van der Waals surface area contributed by atoms with Crippen molar-refractivity contribution in [1.82, 2.24) is 5.32 Å². The van der Waals surface area contributed by atoms with E-state index in [1.54, 1.807) is 0 Å². The molecule has 1 aromatic rings. The molecular weight excluding hydrogens is 234 g/mol. The number of anilines is 1. The van der Waals surface area contributed by atoms with Gasteiger partial charge in [-0.05, 0) is 31.7 Å². The van der Waals surface area contributed by atoms with Gasteiger partial charge < -0.3 is 10.2 Å². The van der Waals surface area contributed by atoms with E-state index in [9.17, 15) is 0 Å². The molecule has 92 valence electrons. The molecule has 0 heterocycles. The Balaban J connectivity index is 2.86. The smallest absolute Gasteiger partial charge is 0.0642 e. The number of nitrogens with one attached hydrogen (secondary N) is 1. The standard InChI is InChI=1S/C13H18ClN3/c1-10(16-2)11-5-6-13(12(14)9-11)17(3)8-4-7-15/h5-6,9-10,16H,4,8H2,1-3H3. The molecular formula is C13H18ClN3. The van der Waals surface area contributed by atoms with Gasteiger partial charge in [0.2, 0.25) is 0 Å². The molecule has 0 saturated heterocycles. The van der Waals surface area contributed by atoms with Crippen molar-refractivity contribution in [2.45, 2.75) is 19.4 Å². The third-order valence-electron chi connectivity index (χ3n) is 2.88. The van der Waals surface area contributed by atoms with Crippen LogP contribution >= 0.6 is 11.6 Å². The van der Waals surface area contributed by atoms with Gasteiger partial charge in [0.25, 0.3) is 0 Å². The Hall–Kier alpha value is -1.24. The lowest BCUT2D eigenvalue weighted by molar-refractivity contribution is 0.652. The Kier molecular flexibility index (Phi) is 5.27. The first-order valence-electron chi connectivity index (χ1n) is 5.65. The number of rotatable bonds is 5. The first kappa shape index (κ1) is 13.8. The molecule has 4 heteroatoms. The predicted octanol–water partition coefficient (Wildman–Crippen LogP) is 2.97. The quantitative estimate of drug-likeness (QED) is 0.875. The predicted molar refractivity (Wildman–Crippen MR) is 72.4 cm³/mol. The zero-order valence-electron chi connectivity index (χ0n) is 10.5. The summed E-state index contributed by atoms with van der Waals surface area (Å²) in [6.07, 6.45) is 0.501. The number of hydrogen-bond donors (Lipinski definition) is 1. The topological polar surface area (TPSA) is 39.1 Å².